The van der Waals surface area contributed by atoms with E-state index < -0.39 is 0 Å². The summed E-state index contributed by atoms with van der Waals surface area (Å²) in [7, 11) is 0. The number of benzene rings is 1. The maximum atomic E-state index is 11.2. The zero-order valence-electron chi connectivity index (χ0n) is 15.3. The van der Waals surface area contributed by atoms with E-state index in [1.165, 1.54) is 17.6 Å². The smallest absolute Gasteiger partial charge is 0.252 e. The SMILES string of the molecule is O=c1ccnc(NCCCN2CCN(c3ccc4ccccc4n3)CC2)[nH]1. The fraction of sp³-hybridized carbons (Fsp3) is 0.350. The maximum absolute atomic E-state index is 11.2. The Morgan fingerprint density at radius 2 is 1.89 bits per heavy atom. The molecule has 0 radical (unpaired) electrons. The third kappa shape index (κ3) is 4.43. The van der Waals surface area contributed by atoms with Gasteiger partial charge in [-0.3, -0.25) is 14.7 Å². The number of hydrogen-bond acceptors (Lipinski definition) is 6. The predicted molar refractivity (Wildman–Crippen MR) is 108 cm³/mol. The van der Waals surface area contributed by atoms with E-state index in [0.29, 0.717) is 5.95 Å². The summed E-state index contributed by atoms with van der Waals surface area (Å²) >= 11 is 0. The first-order chi connectivity index (χ1) is 13.3. The van der Waals surface area contributed by atoms with E-state index in [-0.39, 0.29) is 5.56 Å². The van der Waals surface area contributed by atoms with Crippen LogP contribution in [0.25, 0.3) is 10.9 Å². The Balaban J connectivity index is 1.23. The first-order valence-corrected chi connectivity index (χ1v) is 9.40. The minimum atomic E-state index is -0.133. The van der Waals surface area contributed by atoms with E-state index in [9.17, 15) is 4.79 Å². The van der Waals surface area contributed by atoms with Crippen molar-refractivity contribution in [3.63, 3.8) is 0 Å². The number of anilines is 2. The fourth-order valence-corrected chi connectivity index (χ4v) is 3.40. The number of para-hydroxylation sites is 1. The molecular formula is C20H24N6O. The van der Waals surface area contributed by atoms with Gasteiger partial charge < -0.3 is 10.2 Å². The van der Waals surface area contributed by atoms with E-state index in [1.54, 1.807) is 0 Å². The molecule has 3 heterocycles. The molecule has 1 aliphatic rings. The maximum Gasteiger partial charge on any atom is 0.252 e. The van der Waals surface area contributed by atoms with E-state index in [1.807, 2.05) is 12.1 Å². The molecular weight excluding hydrogens is 340 g/mol. The van der Waals surface area contributed by atoms with Crippen molar-refractivity contribution >= 4 is 22.7 Å². The van der Waals surface area contributed by atoms with Crippen molar-refractivity contribution in [1.29, 1.82) is 0 Å². The summed E-state index contributed by atoms with van der Waals surface area (Å²) in [5.41, 5.74) is 0.919. The number of aromatic nitrogens is 3. The molecule has 0 bridgehead atoms. The van der Waals surface area contributed by atoms with Crippen molar-refractivity contribution in [2.24, 2.45) is 0 Å². The molecule has 0 saturated carbocycles. The highest BCUT2D eigenvalue weighted by molar-refractivity contribution is 5.80. The van der Waals surface area contributed by atoms with Gasteiger partial charge in [-0.05, 0) is 31.2 Å². The first-order valence-electron chi connectivity index (χ1n) is 9.40. The molecule has 0 unspecified atom stereocenters. The summed E-state index contributed by atoms with van der Waals surface area (Å²) in [5.74, 6) is 1.60. The Kier molecular flexibility index (Phi) is 5.29. The number of piperazine rings is 1. The molecule has 4 rings (SSSR count). The van der Waals surface area contributed by atoms with Crippen LogP contribution in [0.4, 0.5) is 11.8 Å². The Labute approximate surface area is 158 Å². The molecule has 7 heteroatoms. The standard InChI is InChI=1S/C20H24N6O/c27-19-8-10-22-20(24-19)21-9-3-11-25-12-14-26(15-13-25)18-7-6-16-4-1-2-5-17(16)23-18/h1-2,4-8,10H,3,9,11-15H2,(H2,21,22,24,27). The van der Waals surface area contributed by atoms with Crippen LogP contribution in [0, 0.1) is 0 Å². The largest absolute Gasteiger partial charge is 0.356 e. The Bertz CT molecular complexity index is 948. The highest BCUT2D eigenvalue weighted by Gasteiger charge is 2.17. The van der Waals surface area contributed by atoms with Gasteiger partial charge in [-0.1, -0.05) is 18.2 Å². The lowest BCUT2D eigenvalue weighted by atomic mass is 10.2. The molecule has 0 aliphatic carbocycles. The average Bonchev–Trinajstić information content (AvgIpc) is 2.71. The zero-order valence-corrected chi connectivity index (χ0v) is 15.3. The molecule has 0 atom stereocenters. The van der Waals surface area contributed by atoms with Crippen LogP contribution in [0.15, 0.2) is 53.5 Å². The molecule has 1 aromatic carbocycles. The number of aromatic amines is 1. The molecule has 3 aromatic rings. The second kappa shape index (κ2) is 8.18. The van der Waals surface area contributed by atoms with Crippen LogP contribution in [-0.2, 0) is 0 Å². The summed E-state index contributed by atoms with van der Waals surface area (Å²) in [6.07, 6.45) is 2.52. The highest BCUT2D eigenvalue weighted by atomic mass is 16.1. The van der Waals surface area contributed by atoms with Crippen LogP contribution >= 0.6 is 0 Å². The van der Waals surface area contributed by atoms with E-state index in [0.717, 1.165) is 57.0 Å². The number of H-pyrrole nitrogens is 1. The lowest BCUT2D eigenvalue weighted by Gasteiger charge is -2.35. The van der Waals surface area contributed by atoms with Gasteiger partial charge in [-0.15, -0.1) is 0 Å². The fourth-order valence-electron chi connectivity index (χ4n) is 3.40. The monoisotopic (exact) mass is 364 g/mol. The number of fused-ring (bicyclic) bond motifs is 1. The Morgan fingerprint density at radius 1 is 1.04 bits per heavy atom. The topological polar surface area (TPSA) is 77.2 Å². The van der Waals surface area contributed by atoms with Crippen LogP contribution in [-0.4, -0.2) is 59.1 Å². The molecule has 140 valence electrons. The summed E-state index contributed by atoms with van der Waals surface area (Å²) in [5, 5.41) is 4.35. The van der Waals surface area contributed by atoms with Crippen molar-refractivity contribution in [2.75, 3.05) is 49.5 Å². The normalized spacial score (nSPS) is 15.2. The third-order valence-corrected chi connectivity index (χ3v) is 4.89. The van der Waals surface area contributed by atoms with Gasteiger partial charge in [0.2, 0.25) is 5.95 Å². The molecule has 1 aliphatic heterocycles. The van der Waals surface area contributed by atoms with E-state index in [4.69, 9.17) is 4.98 Å². The van der Waals surface area contributed by atoms with Gasteiger partial charge in [-0.25, -0.2) is 9.97 Å². The van der Waals surface area contributed by atoms with Gasteiger partial charge in [0, 0.05) is 50.4 Å². The van der Waals surface area contributed by atoms with Gasteiger partial charge in [0.25, 0.3) is 5.56 Å². The molecule has 7 nitrogen and oxygen atoms in total. The first kappa shape index (κ1) is 17.5. The predicted octanol–water partition coefficient (Wildman–Crippen LogP) is 1.94. The lowest BCUT2D eigenvalue weighted by Crippen LogP contribution is -2.47. The van der Waals surface area contributed by atoms with Crippen LogP contribution in [0.2, 0.25) is 0 Å². The minimum absolute atomic E-state index is 0.133. The summed E-state index contributed by atoms with van der Waals surface area (Å²) < 4.78 is 0. The summed E-state index contributed by atoms with van der Waals surface area (Å²) in [4.78, 5) is 27.6. The molecule has 0 amide bonds. The number of nitrogens with zero attached hydrogens (tertiary/aromatic N) is 4. The van der Waals surface area contributed by atoms with Gasteiger partial charge in [-0.2, -0.15) is 0 Å². The van der Waals surface area contributed by atoms with E-state index >= 15 is 0 Å². The second-order valence-corrected chi connectivity index (χ2v) is 6.75. The van der Waals surface area contributed by atoms with Gasteiger partial charge in [0.1, 0.15) is 5.82 Å². The quantitative estimate of drug-likeness (QED) is 0.651. The lowest BCUT2D eigenvalue weighted by molar-refractivity contribution is 0.256. The molecule has 2 N–H and O–H groups in total. The van der Waals surface area contributed by atoms with Crippen molar-refractivity contribution in [3.05, 3.63) is 59.0 Å². The Morgan fingerprint density at radius 3 is 2.74 bits per heavy atom. The number of hydrogen-bond donors (Lipinski definition) is 2. The van der Waals surface area contributed by atoms with Crippen LogP contribution in [0.3, 0.4) is 0 Å². The van der Waals surface area contributed by atoms with Gasteiger partial charge in [0.05, 0.1) is 5.52 Å². The van der Waals surface area contributed by atoms with Crippen molar-refractivity contribution in [1.82, 2.24) is 19.9 Å². The second-order valence-electron chi connectivity index (χ2n) is 6.75. The van der Waals surface area contributed by atoms with E-state index in [2.05, 4.69) is 49.4 Å². The number of pyridine rings is 1. The van der Waals surface area contributed by atoms with Crippen molar-refractivity contribution in [3.8, 4) is 0 Å². The van der Waals surface area contributed by atoms with Crippen LogP contribution < -0.4 is 15.8 Å². The molecule has 1 saturated heterocycles. The summed E-state index contributed by atoms with van der Waals surface area (Å²) in [6.45, 7) is 5.88. The highest BCUT2D eigenvalue weighted by Crippen LogP contribution is 2.19. The van der Waals surface area contributed by atoms with Crippen LogP contribution in [0.1, 0.15) is 6.42 Å². The number of nitrogens with one attached hydrogen (secondary N) is 2. The number of rotatable bonds is 6. The van der Waals surface area contributed by atoms with Gasteiger partial charge >= 0.3 is 0 Å². The summed E-state index contributed by atoms with van der Waals surface area (Å²) in [6, 6.07) is 13.9. The average molecular weight is 364 g/mol. The molecule has 1 fully saturated rings. The molecule has 2 aromatic heterocycles. The molecule has 27 heavy (non-hydrogen) atoms. The Hall–Kier alpha value is -2.93. The van der Waals surface area contributed by atoms with Crippen LogP contribution in [0.5, 0.6) is 0 Å². The third-order valence-electron chi connectivity index (χ3n) is 4.89. The molecule has 0 spiro atoms. The zero-order chi connectivity index (χ0) is 18.5. The van der Waals surface area contributed by atoms with Crippen molar-refractivity contribution in [2.45, 2.75) is 6.42 Å². The van der Waals surface area contributed by atoms with Crippen molar-refractivity contribution < 1.29 is 0 Å². The van der Waals surface area contributed by atoms with Gasteiger partial charge in [0.15, 0.2) is 0 Å². The minimum Gasteiger partial charge on any atom is -0.356 e.